The lowest BCUT2D eigenvalue weighted by Crippen LogP contribution is -1.95. The van der Waals surface area contributed by atoms with Gasteiger partial charge in [0, 0.05) is 62.8 Å². The van der Waals surface area contributed by atoms with E-state index in [1.807, 2.05) is 24.5 Å². The highest BCUT2D eigenvalue weighted by Crippen LogP contribution is 2.41. The van der Waals surface area contributed by atoms with Crippen LogP contribution in [0.2, 0.25) is 0 Å². The molecule has 0 unspecified atom stereocenters. The van der Waals surface area contributed by atoms with Crippen LogP contribution in [0.3, 0.4) is 0 Å². The van der Waals surface area contributed by atoms with Crippen molar-refractivity contribution in [1.82, 2.24) is 24.5 Å². The van der Waals surface area contributed by atoms with Crippen molar-refractivity contribution in [2.24, 2.45) is 0 Å². The van der Waals surface area contributed by atoms with Gasteiger partial charge < -0.3 is 4.57 Å². The summed E-state index contributed by atoms with van der Waals surface area (Å²) in [5.74, 6) is 0. The highest BCUT2D eigenvalue weighted by molar-refractivity contribution is 6.27. The van der Waals surface area contributed by atoms with Crippen molar-refractivity contribution in [2.75, 3.05) is 0 Å². The highest BCUT2D eigenvalue weighted by Gasteiger charge is 2.18. The van der Waals surface area contributed by atoms with E-state index < -0.39 is 0 Å². The Hall–Kier alpha value is -7.50. The first kappa shape index (κ1) is 30.0. The number of hydrogen-bond donors (Lipinski definition) is 0. The van der Waals surface area contributed by atoms with Crippen molar-refractivity contribution in [1.29, 1.82) is 0 Å². The molecule has 12 aromatic rings. The molecule has 5 nitrogen and oxygen atoms in total. The first-order valence-corrected chi connectivity index (χ1v) is 18.5. The van der Waals surface area contributed by atoms with Gasteiger partial charge in [-0.1, -0.05) is 97.1 Å². The van der Waals surface area contributed by atoms with Crippen LogP contribution in [0.25, 0.3) is 115 Å². The summed E-state index contributed by atoms with van der Waals surface area (Å²) in [7, 11) is 0. The summed E-state index contributed by atoms with van der Waals surface area (Å²) in [5.41, 5.74) is 11.8. The van der Waals surface area contributed by atoms with Crippen LogP contribution in [0.4, 0.5) is 0 Å². The molecule has 12 rings (SSSR count). The summed E-state index contributed by atoms with van der Waals surface area (Å²) >= 11 is 0. The molecular weight excluding hydrogens is 671 g/mol. The molecule has 8 aromatic carbocycles. The van der Waals surface area contributed by atoms with Gasteiger partial charge in [0.15, 0.2) is 0 Å². The van der Waals surface area contributed by atoms with Gasteiger partial charge in [0.05, 0.1) is 33.1 Å². The van der Waals surface area contributed by atoms with Crippen LogP contribution in [0.15, 0.2) is 176 Å². The fourth-order valence-corrected chi connectivity index (χ4v) is 8.88. The Bertz CT molecular complexity index is 3530. The lowest BCUT2D eigenvalue weighted by atomic mass is 9.94. The van der Waals surface area contributed by atoms with E-state index in [1.54, 1.807) is 12.4 Å². The fourth-order valence-electron chi connectivity index (χ4n) is 8.88. The third-order valence-electron chi connectivity index (χ3n) is 11.3. The average molecular weight is 700 g/mol. The van der Waals surface area contributed by atoms with E-state index in [2.05, 4.69) is 144 Å². The molecular formula is C50H29N5. The van der Waals surface area contributed by atoms with Crippen molar-refractivity contribution >= 4 is 87.0 Å². The summed E-state index contributed by atoms with van der Waals surface area (Å²) in [4.78, 5) is 19.1. The van der Waals surface area contributed by atoms with E-state index in [4.69, 9.17) is 19.9 Å². The lowest BCUT2D eigenvalue weighted by molar-refractivity contribution is 1.18. The normalized spacial score (nSPS) is 12.0. The van der Waals surface area contributed by atoms with Gasteiger partial charge in [0.2, 0.25) is 0 Å². The molecule has 4 heterocycles. The number of pyridine rings is 2. The van der Waals surface area contributed by atoms with Gasteiger partial charge in [-0.05, 0) is 98.4 Å². The molecule has 0 atom stereocenters. The molecule has 0 saturated heterocycles. The molecule has 0 N–H and O–H groups in total. The van der Waals surface area contributed by atoms with Crippen molar-refractivity contribution < 1.29 is 0 Å². The number of hydrogen-bond acceptors (Lipinski definition) is 4. The zero-order valence-corrected chi connectivity index (χ0v) is 29.5. The quantitative estimate of drug-likeness (QED) is 0.172. The maximum atomic E-state index is 4.88. The van der Waals surface area contributed by atoms with Crippen molar-refractivity contribution in [2.45, 2.75) is 0 Å². The Morgan fingerprint density at radius 3 is 1.55 bits per heavy atom. The van der Waals surface area contributed by atoms with Gasteiger partial charge >= 0.3 is 0 Å². The number of benzene rings is 8. The Kier molecular flexibility index (Phi) is 6.27. The summed E-state index contributed by atoms with van der Waals surface area (Å²) < 4.78 is 2.40. The molecule has 0 aliphatic heterocycles. The molecule has 0 fully saturated rings. The van der Waals surface area contributed by atoms with Crippen LogP contribution in [0, 0.1) is 0 Å². The molecule has 0 spiro atoms. The van der Waals surface area contributed by atoms with E-state index in [1.165, 1.54) is 37.8 Å². The largest absolute Gasteiger partial charge is 0.309 e. The van der Waals surface area contributed by atoms with Crippen LogP contribution in [-0.2, 0) is 0 Å². The molecule has 4 aromatic heterocycles. The van der Waals surface area contributed by atoms with Crippen LogP contribution in [0.5, 0.6) is 0 Å². The van der Waals surface area contributed by atoms with Crippen LogP contribution >= 0.6 is 0 Å². The topological polar surface area (TPSA) is 56.5 Å². The Labute approximate surface area is 314 Å². The third-order valence-corrected chi connectivity index (χ3v) is 11.3. The zero-order valence-electron chi connectivity index (χ0n) is 29.5. The molecule has 0 aliphatic carbocycles. The lowest BCUT2D eigenvalue weighted by Gasteiger charge is -2.13. The van der Waals surface area contributed by atoms with Gasteiger partial charge in [0.1, 0.15) is 0 Å². The monoisotopic (exact) mass is 699 g/mol. The SMILES string of the molecule is c1cc(-c2cccc(-n3c4ccccc4c4cc5c6ccccc6c6nccnc6c5cc43)c2)cc(-c2ccc3c(c2)c2cccnc2c2ncccc32)c1. The second-order valence-electron chi connectivity index (χ2n) is 14.3. The number of para-hydroxylation sites is 1. The standard InChI is InChI=1S/C50H29N5/c1-2-15-38-35(13-1)42-28-43-37-14-3-4-18-45(37)55(46(43)29-44(42)50-48(38)53-23-24-54-50)34-12-6-11-32(26-34)30-9-5-10-31(25-30)33-19-20-36-39-16-7-21-51-47(39)49-40(41(36)27-33)17-8-22-52-49/h1-29H. The van der Waals surface area contributed by atoms with E-state index in [0.717, 1.165) is 77.1 Å². The van der Waals surface area contributed by atoms with Crippen LogP contribution in [-0.4, -0.2) is 24.5 Å². The number of fused-ring (bicyclic) bond motifs is 15. The second kappa shape index (κ2) is 11.5. The summed E-state index contributed by atoms with van der Waals surface area (Å²) in [5, 5.41) is 11.6. The number of nitrogens with zero attached hydrogens (tertiary/aromatic N) is 5. The minimum Gasteiger partial charge on any atom is -0.309 e. The zero-order chi connectivity index (χ0) is 36.0. The smallest absolute Gasteiger partial charge is 0.0972 e. The summed E-state index contributed by atoms with van der Waals surface area (Å²) in [6.45, 7) is 0. The minimum atomic E-state index is 0.920. The maximum Gasteiger partial charge on any atom is 0.0972 e. The van der Waals surface area contributed by atoms with Crippen molar-refractivity contribution in [3.05, 3.63) is 176 Å². The summed E-state index contributed by atoms with van der Waals surface area (Å²) in [6, 6.07) is 54.8. The van der Waals surface area contributed by atoms with Gasteiger partial charge in [-0.15, -0.1) is 0 Å². The molecule has 0 amide bonds. The van der Waals surface area contributed by atoms with Gasteiger partial charge in [-0.3, -0.25) is 19.9 Å². The van der Waals surface area contributed by atoms with E-state index in [0.29, 0.717) is 0 Å². The van der Waals surface area contributed by atoms with Crippen LogP contribution in [0.1, 0.15) is 0 Å². The average Bonchev–Trinajstić information content (AvgIpc) is 3.59. The molecule has 0 saturated carbocycles. The van der Waals surface area contributed by atoms with Gasteiger partial charge in [0.25, 0.3) is 0 Å². The molecule has 0 aliphatic rings. The highest BCUT2D eigenvalue weighted by atomic mass is 15.0. The predicted octanol–water partition coefficient (Wildman–Crippen LogP) is 12.6. The number of aromatic nitrogens is 5. The van der Waals surface area contributed by atoms with E-state index in [9.17, 15) is 0 Å². The summed E-state index contributed by atoms with van der Waals surface area (Å²) in [6.07, 6.45) is 7.28. The Morgan fingerprint density at radius 1 is 0.273 bits per heavy atom. The predicted molar refractivity (Wildman–Crippen MR) is 228 cm³/mol. The second-order valence-corrected chi connectivity index (χ2v) is 14.3. The minimum absolute atomic E-state index is 0.920. The number of rotatable bonds is 3. The Balaban J connectivity index is 1.03. The van der Waals surface area contributed by atoms with Crippen LogP contribution < -0.4 is 0 Å². The van der Waals surface area contributed by atoms with E-state index in [-0.39, 0.29) is 0 Å². The van der Waals surface area contributed by atoms with Gasteiger partial charge in [-0.2, -0.15) is 0 Å². The van der Waals surface area contributed by atoms with E-state index >= 15 is 0 Å². The molecule has 5 heteroatoms. The molecule has 0 bridgehead atoms. The molecule has 254 valence electrons. The maximum absolute atomic E-state index is 4.88. The fraction of sp³-hybridized carbons (Fsp3) is 0. The first-order chi connectivity index (χ1) is 27.3. The van der Waals surface area contributed by atoms with Crippen molar-refractivity contribution in [3.63, 3.8) is 0 Å². The first-order valence-electron chi connectivity index (χ1n) is 18.5. The third kappa shape index (κ3) is 4.41. The van der Waals surface area contributed by atoms with Crippen molar-refractivity contribution in [3.8, 4) is 27.9 Å². The van der Waals surface area contributed by atoms with Gasteiger partial charge in [-0.25, -0.2) is 0 Å². The molecule has 0 radical (unpaired) electrons. The Morgan fingerprint density at radius 2 is 0.800 bits per heavy atom. The molecule has 55 heavy (non-hydrogen) atoms.